The molecule has 0 aromatic carbocycles. The van der Waals surface area contributed by atoms with Gasteiger partial charge in [0, 0.05) is 0 Å². The Kier molecular flexibility index (Phi) is 2.66. The molecule has 1 aromatic heterocycles. The van der Waals surface area contributed by atoms with Gasteiger partial charge in [0.15, 0.2) is 3.07 Å². The molecule has 1 N–H and O–H groups in total. The van der Waals surface area contributed by atoms with E-state index in [1.807, 2.05) is 0 Å². The Morgan fingerprint density at radius 2 is 2.18 bits per heavy atom. The van der Waals surface area contributed by atoms with Crippen molar-refractivity contribution in [1.29, 1.82) is 0 Å². The van der Waals surface area contributed by atoms with Crippen LogP contribution in [0.25, 0.3) is 0 Å². The van der Waals surface area contributed by atoms with Crippen LogP contribution < -0.4 is 0 Å². The topological polar surface area (TPSA) is 75.7 Å². The lowest BCUT2D eigenvalue weighted by atomic mass is 11.3. The van der Waals surface area contributed by atoms with E-state index in [9.17, 15) is 8.42 Å². The first-order valence-electron chi connectivity index (χ1n) is 2.42. The van der Waals surface area contributed by atoms with Crippen molar-refractivity contribution in [3.05, 3.63) is 6.33 Å². The smallest absolute Gasteiger partial charge is 0.245 e. The summed E-state index contributed by atoms with van der Waals surface area (Å²) in [6.45, 7) is 0. The molecule has 11 heavy (non-hydrogen) atoms. The molecule has 0 atom stereocenters. The highest BCUT2D eigenvalue weighted by atomic mass is 79.9. The molecule has 0 spiro atoms. The summed E-state index contributed by atoms with van der Waals surface area (Å²) in [5.41, 5.74) is 0. The molecule has 0 saturated carbocycles. The number of aromatic nitrogens is 3. The van der Waals surface area contributed by atoms with Crippen molar-refractivity contribution in [3.63, 3.8) is 0 Å². The number of hydrogen-bond donors (Lipinski definition) is 1. The van der Waals surface area contributed by atoms with Crippen molar-refractivity contribution >= 4 is 41.7 Å². The fourth-order valence-electron chi connectivity index (χ4n) is 0.416. The summed E-state index contributed by atoms with van der Waals surface area (Å²) in [4.78, 5) is 3.49. The van der Waals surface area contributed by atoms with Crippen LogP contribution in [0, 0.1) is 0 Å². The van der Waals surface area contributed by atoms with Gasteiger partial charge in [0.25, 0.3) is 0 Å². The van der Waals surface area contributed by atoms with Crippen molar-refractivity contribution in [2.45, 2.75) is 8.22 Å². The molecule has 0 bridgehead atoms. The summed E-state index contributed by atoms with van der Waals surface area (Å²) in [5.74, 6) is 0. The molecule has 1 rings (SSSR count). The van der Waals surface area contributed by atoms with Crippen LogP contribution in [-0.4, -0.2) is 26.7 Å². The summed E-state index contributed by atoms with van der Waals surface area (Å²) in [6, 6.07) is 0. The third-order valence-electron chi connectivity index (χ3n) is 0.897. The van der Waals surface area contributed by atoms with Gasteiger partial charge in [-0.3, -0.25) is 5.10 Å². The predicted octanol–water partition coefficient (Wildman–Crippen LogP) is 0.652. The van der Waals surface area contributed by atoms with E-state index < -0.39 is 12.9 Å². The molecule has 0 unspecified atom stereocenters. The van der Waals surface area contributed by atoms with Crippen molar-refractivity contribution in [2.24, 2.45) is 0 Å². The van der Waals surface area contributed by atoms with Crippen molar-refractivity contribution in [2.75, 3.05) is 0 Å². The molecule has 0 aliphatic carbocycles. The molecule has 62 valence electrons. The third kappa shape index (κ3) is 1.79. The van der Waals surface area contributed by atoms with Gasteiger partial charge in [-0.05, 0) is 0 Å². The van der Waals surface area contributed by atoms with E-state index in [4.69, 9.17) is 0 Å². The number of alkyl halides is 2. The minimum absolute atomic E-state index is 0.156. The molecule has 0 saturated heterocycles. The maximum Gasteiger partial charge on any atom is 0.245 e. The fraction of sp³-hybridized carbons (Fsp3) is 0.333. The molecule has 0 radical (unpaired) electrons. The summed E-state index contributed by atoms with van der Waals surface area (Å²) in [5, 5.41) is 5.51. The van der Waals surface area contributed by atoms with Gasteiger partial charge in [0.1, 0.15) is 6.33 Å². The van der Waals surface area contributed by atoms with Crippen LogP contribution in [-0.2, 0) is 9.84 Å². The van der Waals surface area contributed by atoms with Crippen LogP contribution in [0.1, 0.15) is 0 Å². The Morgan fingerprint density at radius 3 is 2.55 bits per heavy atom. The quantitative estimate of drug-likeness (QED) is 0.814. The van der Waals surface area contributed by atoms with E-state index in [1.165, 1.54) is 0 Å². The van der Waals surface area contributed by atoms with Gasteiger partial charge in [-0.15, -0.1) is 0 Å². The molecular formula is C3H3Br2N3O2S. The highest BCUT2D eigenvalue weighted by Crippen LogP contribution is 2.21. The third-order valence-corrected chi connectivity index (χ3v) is 5.05. The monoisotopic (exact) mass is 303 g/mol. The Labute approximate surface area is 79.8 Å². The van der Waals surface area contributed by atoms with Crippen molar-refractivity contribution in [3.8, 4) is 0 Å². The van der Waals surface area contributed by atoms with Gasteiger partial charge >= 0.3 is 0 Å². The first kappa shape index (κ1) is 9.14. The molecule has 0 aliphatic rings. The zero-order chi connectivity index (χ0) is 8.48. The van der Waals surface area contributed by atoms with Gasteiger partial charge < -0.3 is 0 Å². The van der Waals surface area contributed by atoms with E-state index in [-0.39, 0.29) is 5.16 Å². The zero-order valence-corrected chi connectivity index (χ0v) is 9.02. The Hall–Kier alpha value is 0.0500. The number of aromatic amines is 1. The molecule has 5 nitrogen and oxygen atoms in total. The summed E-state index contributed by atoms with van der Waals surface area (Å²) in [6.07, 6.45) is 1.13. The summed E-state index contributed by atoms with van der Waals surface area (Å²) < 4.78 is 21.5. The average molecular weight is 305 g/mol. The van der Waals surface area contributed by atoms with E-state index in [2.05, 4.69) is 47.0 Å². The second kappa shape index (κ2) is 3.20. The number of nitrogens with one attached hydrogen (secondary N) is 1. The van der Waals surface area contributed by atoms with Gasteiger partial charge in [0.05, 0.1) is 0 Å². The number of sulfone groups is 1. The maximum absolute atomic E-state index is 11.2. The summed E-state index contributed by atoms with van der Waals surface area (Å²) >= 11 is 5.72. The number of rotatable bonds is 2. The Morgan fingerprint density at radius 1 is 1.55 bits per heavy atom. The molecule has 0 amide bonds. The van der Waals surface area contributed by atoms with Gasteiger partial charge in [0.2, 0.25) is 15.0 Å². The van der Waals surface area contributed by atoms with Crippen LogP contribution in [0.2, 0.25) is 0 Å². The number of nitrogens with zero attached hydrogens (tertiary/aromatic N) is 2. The lowest BCUT2D eigenvalue weighted by Crippen LogP contribution is -2.10. The lowest BCUT2D eigenvalue weighted by molar-refractivity contribution is 0.591. The van der Waals surface area contributed by atoms with E-state index >= 15 is 0 Å². The minimum Gasteiger partial charge on any atom is -0.250 e. The van der Waals surface area contributed by atoms with Gasteiger partial charge in [-0.2, -0.15) is 5.10 Å². The number of halogens is 2. The van der Waals surface area contributed by atoms with E-state index in [0.717, 1.165) is 6.33 Å². The summed E-state index contributed by atoms with van der Waals surface area (Å²) in [7, 11) is -3.43. The fourth-order valence-corrected chi connectivity index (χ4v) is 2.02. The Bertz CT molecular complexity index is 318. The van der Waals surface area contributed by atoms with Crippen LogP contribution in [0.4, 0.5) is 0 Å². The van der Waals surface area contributed by atoms with E-state index in [1.54, 1.807) is 0 Å². The predicted molar refractivity (Wildman–Crippen MR) is 45.2 cm³/mol. The molecule has 8 heteroatoms. The first-order chi connectivity index (χ1) is 5.05. The van der Waals surface area contributed by atoms with Crippen molar-refractivity contribution in [1.82, 2.24) is 15.2 Å². The molecule has 1 aromatic rings. The highest BCUT2D eigenvalue weighted by Gasteiger charge is 2.24. The highest BCUT2D eigenvalue weighted by molar-refractivity contribution is 9.27. The number of hydrogen-bond acceptors (Lipinski definition) is 4. The van der Waals surface area contributed by atoms with Crippen LogP contribution in [0.3, 0.4) is 0 Å². The SMILES string of the molecule is O=S(=O)(c1ncn[nH]1)C(Br)Br. The molecule has 0 aliphatic heterocycles. The first-order valence-corrected chi connectivity index (χ1v) is 5.80. The molecule has 1 heterocycles. The average Bonchev–Trinajstić information content (AvgIpc) is 2.37. The lowest BCUT2D eigenvalue weighted by Gasteiger charge is -1.98. The van der Waals surface area contributed by atoms with Gasteiger partial charge in [-0.25, -0.2) is 13.4 Å². The van der Waals surface area contributed by atoms with Gasteiger partial charge in [-0.1, -0.05) is 31.9 Å². The largest absolute Gasteiger partial charge is 0.250 e. The van der Waals surface area contributed by atoms with E-state index in [0.29, 0.717) is 0 Å². The second-order valence-electron chi connectivity index (χ2n) is 1.60. The van der Waals surface area contributed by atoms with Crippen molar-refractivity contribution < 1.29 is 8.42 Å². The maximum atomic E-state index is 11.2. The van der Waals surface area contributed by atoms with Crippen LogP contribution in [0.15, 0.2) is 11.5 Å². The minimum atomic E-state index is -3.43. The molecular weight excluding hydrogens is 302 g/mol. The van der Waals surface area contributed by atoms with Crippen LogP contribution >= 0.6 is 31.9 Å². The standard InChI is InChI=1S/C3H3Br2N3O2S/c4-2(5)11(9,10)3-6-1-7-8-3/h1-2H,(H,6,7,8). The normalized spacial score (nSPS) is 12.3. The Balaban J connectivity index is 3.12. The van der Waals surface area contributed by atoms with Crippen LogP contribution in [0.5, 0.6) is 0 Å². The second-order valence-corrected chi connectivity index (χ2v) is 7.82. The molecule has 0 fully saturated rings. The zero-order valence-electron chi connectivity index (χ0n) is 5.03. The number of H-pyrrole nitrogens is 1.